The van der Waals surface area contributed by atoms with E-state index in [1.165, 1.54) is 5.56 Å². The lowest BCUT2D eigenvalue weighted by atomic mass is 10.1. The van der Waals surface area contributed by atoms with Crippen molar-refractivity contribution in [3.63, 3.8) is 0 Å². The fourth-order valence-corrected chi connectivity index (χ4v) is 1.85. The van der Waals surface area contributed by atoms with Crippen molar-refractivity contribution in [1.29, 1.82) is 0 Å². The third kappa shape index (κ3) is 5.18. The topological polar surface area (TPSA) is 59.6 Å². The number of methoxy groups -OCH3 is 2. The largest absolute Gasteiger partial charge is 0.493 e. The Morgan fingerprint density at radius 3 is 2.53 bits per heavy atom. The molecular formula is C14H22N2O3. The molecule has 0 aromatic heterocycles. The number of amides is 1. The van der Waals surface area contributed by atoms with Gasteiger partial charge in [0.05, 0.1) is 14.2 Å². The smallest absolute Gasteiger partial charge is 0.234 e. The van der Waals surface area contributed by atoms with E-state index in [1.54, 1.807) is 21.3 Å². The molecule has 1 rings (SSSR count). The van der Waals surface area contributed by atoms with Gasteiger partial charge in [0, 0.05) is 13.5 Å². The molecule has 1 aromatic rings. The maximum Gasteiger partial charge on any atom is 0.234 e. The minimum absolute atomic E-state index is 0.0230. The van der Waals surface area contributed by atoms with E-state index >= 15 is 0 Å². The van der Waals surface area contributed by atoms with Crippen molar-refractivity contribution in [3.05, 3.63) is 23.8 Å². The summed E-state index contributed by atoms with van der Waals surface area (Å²) in [5, 5.41) is 0. The molecule has 1 aromatic carbocycles. The Kier molecular flexibility index (Phi) is 6.74. The number of hydrogen-bond donors (Lipinski definition) is 2. The zero-order valence-corrected chi connectivity index (χ0v) is 11.8. The molecule has 5 heteroatoms. The average molecular weight is 266 g/mol. The van der Waals surface area contributed by atoms with E-state index in [9.17, 15) is 4.79 Å². The summed E-state index contributed by atoms with van der Waals surface area (Å²) in [6.45, 7) is 0. The number of unbranched alkanes of at least 4 members (excludes halogenated alkanes) is 1. The number of carbonyl (C=O) groups excluding carboxylic acids is 1. The van der Waals surface area contributed by atoms with Crippen LogP contribution in [0.15, 0.2) is 18.2 Å². The van der Waals surface area contributed by atoms with Crippen LogP contribution in [0.5, 0.6) is 11.5 Å². The molecule has 19 heavy (non-hydrogen) atoms. The highest BCUT2D eigenvalue weighted by molar-refractivity contribution is 5.75. The van der Waals surface area contributed by atoms with Gasteiger partial charge in [0.2, 0.25) is 5.91 Å². The Morgan fingerprint density at radius 1 is 1.16 bits per heavy atom. The van der Waals surface area contributed by atoms with Crippen LogP contribution < -0.4 is 20.3 Å². The lowest BCUT2D eigenvalue weighted by Gasteiger charge is -2.09. The second-order valence-electron chi connectivity index (χ2n) is 4.19. The van der Waals surface area contributed by atoms with Crippen LogP contribution in [0, 0.1) is 0 Å². The minimum atomic E-state index is 0.0230. The van der Waals surface area contributed by atoms with Gasteiger partial charge in [0.25, 0.3) is 0 Å². The van der Waals surface area contributed by atoms with Gasteiger partial charge in [-0.25, -0.2) is 5.43 Å². The van der Waals surface area contributed by atoms with Gasteiger partial charge in [0.15, 0.2) is 11.5 Å². The highest BCUT2D eigenvalue weighted by atomic mass is 16.5. The van der Waals surface area contributed by atoms with Crippen LogP contribution in [0.3, 0.4) is 0 Å². The number of benzene rings is 1. The molecule has 1 amide bonds. The van der Waals surface area contributed by atoms with Gasteiger partial charge in [0.1, 0.15) is 0 Å². The number of aryl methyl sites for hydroxylation is 1. The number of nitrogens with one attached hydrogen (secondary N) is 2. The molecule has 0 aliphatic rings. The molecule has 0 atom stereocenters. The van der Waals surface area contributed by atoms with Gasteiger partial charge < -0.3 is 9.47 Å². The Bertz CT molecular complexity index is 408. The second-order valence-corrected chi connectivity index (χ2v) is 4.19. The quantitative estimate of drug-likeness (QED) is 0.555. The summed E-state index contributed by atoms with van der Waals surface area (Å²) in [5.41, 5.74) is 6.36. The molecule has 0 saturated heterocycles. The second kappa shape index (κ2) is 8.37. The molecule has 5 nitrogen and oxygen atoms in total. The van der Waals surface area contributed by atoms with Crippen LogP contribution in [0.2, 0.25) is 0 Å². The van der Waals surface area contributed by atoms with Crippen LogP contribution in [0.4, 0.5) is 0 Å². The van der Waals surface area contributed by atoms with Crippen LogP contribution in [-0.2, 0) is 11.2 Å². The zero-order valence-electron chi connectivity index (χ0n) is 11.8. The Balaban J connectivity index is 2.39. The number of hydrogen-bond acceptors (Lipinski definition) is 4. The average Bonchev–Trinajstić information content (AvgIpc) is 2.43. The number of rotatable bonds is 8. The fourth-order valence-electron chi connectivity index (χ4n) is 1.85. The fraction of sp³-hybridized carbons (Fsp3) is 0.500. The molecule has 0 aliphatic heterocycles. The van der Waals surface area contributed by atoms with E-state index < -0.39 is 0 Å². The first kappa shape index (κ1) is 15.3. The summed E-state index contributed by atoms with van der Waals surface area (Å²) < 4.78 is 10.4. The highest BCUT2D eigenvalue weighted by Gasteiger charge is 2.05. The van der Waals surface area contributed by atoms with E-state index in [2.05, 4.69) is 10.9 Å². The normalized spacial score (nSPS) is 10.1. The van der Waals surface area contributed by atoms with E-state index in [0.717, 1.165) is 30.8 Å². The molecule has 0 spiro atoms. The monoisotopic (exact) mass is 266 g/mol. The molecule has 0 radical (unpaired) electrons. The minimum Gasteiger partial charge on any atom is -0.493 e. The van der Waals surface area contributed by atoms with Crippen molar-refractivity contribution >= 4 is 5.91 Å². The van der Waals surface area contributed by atoms with Crippen molar-refractivity contribution in [3.8, 4) is 11.5 Å². The van der Waals surface area contributed by atoms with Crippen LogP contribution >= 0.6 is 0 Å². The Morgan fingerprint density at radius 2 is 1.89 bits per heavy atom. The van der Waals surface area contributed by atoms with Gasteiger partial charge in [-0.2, -0.15) is 0 Å². The summed E-state index contributed by atoms with van der Waals surface area (Å²) in [4.78, 5) is 11.2. The summed E-state index contributed by atoms with van der Waals surface area (Å²) in [7, 11) is 4.93. The van der Waals surface area contributed by atoms with Gasteiger partial charge in [-0.15, -0.1) is 0 Å². The molecule has 0 bridgehead atoms. The number of hydrazine groups is 1. The molecular weight excluding hydrogens is 244 g/mol. The summed E-state index contributed by atoms with van der Waals surface area (Å²) in [6, 6.07) is 5.91. The first-order valence-corrected chi connectivity index (χ1v) is 6.37. The Hall–Kier alpha value is -1.75. The van der Waals surface area contributed by atoms with Crippen molar-refractivity contribution < 1.29 is 14.3 Å². The molecule has 2 N–H and O–H groups in total. The van der Waals surface area contributed by atoms with E-state index in [1.807, 2.05) is 18.2 Å². The first-order valence-electron chi connectivity index (χ1n) is 6.37. The van der Waals surface area contributed by atoms with Crippen molar-refractivity contribution in [2.24, 2.45) is 0 Å². The van der Waals surface area contributed by atoms with Gasteiger partial charge in [-0.3, -0.25) is 10.2 Å². The van der Waals surface area contributed by atoms with Gasteiger partial charge in [-0.05, 0) is 37.0 Å². The predicted octanol–water partition coefficient (Wildman–Crippen LogP) is 1.67. The number of ether oxygens (including phenoxy) is 2. The maximum absolute atomic E-state index is 11.2. The standard InChI is InChI=1S/C14H22N2O3/c1-15-16-14(17)7-5-4-6-11-8-9-12(18-2)13(10-11)19-3/h8-10,15H,4-7H2,1-3H3,(H,16,17). The first-order chi connectivity index (χ1) is 9.21. The third-order valence-corrected chi connectivity index (χ3v) is 2.83. The van der Waals surface area contributed by atoms with Gasteiger partial charge >= 0.3 is 0 Å². The van der Waals surface area contributed by atoms with Gasteiger partial charge in [-0.1, -0.05) is 6.07 Å². The molecule has 0 saturated carbocycles. The maximum atomic E-state index is 11.2. The van der Waals surface area contributed by atoms with Crippen molar-refractivity contribution in [2.45, 2.75) is 25.7 Å². The lowest BCUT2D eigenvalue weighted by Crippen LogP contribution is -2.33. The van der Waals surface area contributed by atoms with Crippen molar-refractivity contribution in [1.82, 2.24) is 10.9 Å². The van der Waals surface area contributed by atoms with Crippen LogP contribution in [0.1, 0.15) is 24.8 Å². The summed E-state index contributed by atoms with van der Waals surface area (Å²) >= 11 is 0. The zero-order chi connectivity index (χ0) is 14.1. The van der Waals surface area contributed by atoms with Crippen LogP contribution in [-0.4, -0.2) is 27.2 Å². The van der Waals surface area contributed by atoms with E-state index in [4.69, 9.17) is 9.47 Å². The van der Waals surface area contributed by atoms with E-state index in [0.29, 0.717) is 6.42 Å². The predicted molar refractivity (Wildman–Crippen MR) is 74.3 cm³/mol. The SMILES string of the molecule is CNNC(=O)CCCCc1ccc(OC)c(OC)c1. The summed E-state index contributed by atoms with van der Waals surface area (Å²) in [6.07, 6.45) is 3.29. The van der Waals surface area contributed by atoms with E-state index in [-0.39, 0.29) is 5.91 Å². The highest BCUT2D eigenvalue weighted by Crippen LogP contribution is 2.28. The molecule has 0 heterocycles. The molecule has 0 unspecified atom stereocenters. The Labute approximate surface area is 114 Å². The lowest BCUT2D eigenvalue weighted by molar-refractivity contribution is -0.122. The number of carbonyl (C=O) groups is 1. The van der Waals surface area contributed by atoms with Crippen molar-refractivity contribution in [2.75, 3.05) is 21.3 Å². The third-order valence-electron chi connectivity index (χ3n) is 2.83. The molecule has 0 fully saturated rings. The van der Waals surface area contributed by atoms with Crippen LogP contribution in [0.25, 0.3) is 0 Å². The molecule has 106 valence electrons. The molecule has 0 aliphatic carbocycles. The summed E-state index contributed by atoms with van der Waals surface area (Å²) in [5.74, 6) is 1.50.